The number of nitrogens with one attached hydrogen (secondary N) is 1. The molecule has 0 aliphatic carbocycles. The minimum absolute atomic E-state index is 0.120. The zero-order valence-corrected chi connectivity index (χ0v) is 8.19. The molecule has 0 saturated carbocycles. The molecule has 0 aromatic carbocycles. The lowest BCUT2D eigenvalue weighted by molar-refractivity contribution is -0.116. The molecular weight excluding hydrogens is 180 g/mol. The highest BCUT2D eigenvalue weighted by atomic mass is 16.2. The summed E-state index contributed by atoms with van der Waals surface area (Å²) in [6.45, 7) is 4.17. The molecule has 5 heteroatoms. The average Bonchev–Trinajstić information content (AvgIpc) is 2.49. The molecule has 2 aliphatic heterocycles. The van der Waals surface area contributed by atoms with Gasteiger partial charge in [0.05, 0.1) is 17.6 Å². The van der Waals surface area contributed by atoms with Crippen molar-refractivity contribution in [3.05, 3.63) is 11.3 Å². The summed E-state index contributed by atoms with van der Waals surface area (Å²) in [7, 11) is 0. The van der Waals surface area contributed by atoms with Crippen molar-refractivity contribution in [2.24, 2.45) is 21.1 Å². The van der Waals surface area contributed by atoms with E-state index >= 15 is 0 Å². The van der Waals surface area contributed by atoms with Crippen molar-refractivity contribution in [3.8, 4) is 0 Å². The largest absolute Gasteiger partial charge is 0.313 e. The van der Waals surface area contributed by atoms with E-state index in [1.54, 1.807) is 0 Å². The number of aliphatic imine (C=N–C) groups is 1. The van der Waals surface area contributed by atoms with Gasteiger partial charge in [0.25, 0.3) is 5.91 Å². The summed E-state index contributed by atoms with van der Waals surface area (Å²) in [6.07, 6.45) is 1.77. The molecule has 5 nitrogen and oxygen atoms in total. The molecule has 0 bridgehead atoms. The van der Waals surface area contributed by atoms with Crippen molar-refractivity contribution in [1.29, 1.82) is 0 Å². The highest BCUT2D eigenvalue weighted by Gasteiger charge is 2.31. The second-order valence-corrected chi connectivity index (χ2v) is 3.80. The predicted molar refractivity (Wildman–Crippen MR) is 51.8 cm³/mol. The summed E-state index contributed by atoms with van der Waals surface area (Å²) in [4.78, 5) is 15.5. The molecule has 0 aromatic heterocycles. The number of carbonyl (C=O) groups is 1. The van der Waals surface area contributed by atoms with Crippen LogP contribution >= 0.6 is 0 Å². The van der Waals surface area contributed by atoms with E-state index in [2.05, 4.69) is 34.4 Å². The number of amides is 1. The van der Waals surface area contributed by atoms with Crippen LogP contribution in [0.1, 0.15) is 20.3 Å². The van der Waals surface area contributed by atoms with Gasteiger partial charge in [0.1, 0.15) is 0 Å². The summed E-state index contributed by atoms with van der Waals surface area (Å²) >= 11 is 0. The maximum Gasteiger partial charge on any atom is 0.258 e. The molecule has 0 spiro atoms. The molecule has 2 aliphatic rings. The first-order valence-corrected chi connectivity index (χ1v) is 4.65. The third-order valence-electron chi connectivity index (χ3n) is 2.11. The predicted octanol–water partition coefficient (Wildman–Crippen LogP) is 1.24. The molecule has 74 valence electrons. The summed E-state index contributed by atoms with van der Waals surface area (Å²) in [5, 5.41) is 10.5. The van der Waals surface area contributed by atoms with Gasteiger partial charge in [-0.1, -0.05) is 13.8 Å². The van der Waals surface area contributed by atoms with E-state index in [4.69, 9.17) is 0 Å². The van der Waals surface area contributed by atoms with Crippen LogP contribution in [0.5, 0.6) is 0 Å². The Hall–Kier alpha value is -1.52. The van der Waals surface area contributed by atoms with Crippen LogP contribution in [0.15, 0.2) is 26.5 Å². The van der Waals surface area contributed by atoms with Crippen LogP contribution in [0, 0.1) is 5.92 Å². The van der Waals surface area contributed by atoms with Gasteiger partial charge in [-0.05, 0) is 12.3 Å². The molecule has 1 atom stereocenters. The summed E-state index contributed by atoms with van der Waals surface area (Å²) in [6, 6.07) is 0. The normalized spacial score (nSPS) is 24.5. The van der Waals surface area contributed by atoms with Crippen LogP contribution in [0.3, 0.4) is 0 Å². The van der Waals surface area contributed by atoms with E-state index in [0.29, 0.717) is 11.5 Å². The first-order chi connectivity index (χ1) is 6.68. The van der Waals surface area contributed by atoms with Gasteiger partial charge in [-0.25, -0.2) is 4.99 Å². The Bertz CT molecular complexity index is 354. The van der Waals surface area contributed by atoms with E-state index in [1.165, 1.54) is 6.34 Å². The zero-order chi connectivity index (χ0) is 10.1. The van der Waals surface area contributed by atoms with Crippen molar-refractivity contribution in [3.63, 3.8) is 0 Å². The molecule has 14 heavy (non-hydrogen) atoms. The Balaban J connectivity index is 2.30. The minimum atomic E-state index is -0.391. The minimum Gasteiger partial charge on any atom is -0.313 e. The number of allylic oxidation sites excluding steroid dienone is 1. The summed E-state index contributed by atoms with van der Waals surface area (Å²) in [5.74, 6) is 0.347. The van der Waals surface area contributed by atoms with Crippen LogP contribution < -0.4 is 5.32 Å². The molecule has 0 fully saturated rings. The maximum absolute atomic E-state index is 11.5. The smallest absolute Gasteiger partial charge is 0.258 e. The van der Waals surface area contributed by atoms with E-state index in [9.17, 15) is 4.79 Å². The lowest BCUT2D eigenvalue weighted by atomic mass is 10.0. The Morgan fingerprint density at radius 1 is 1.57 bits per heavy atom. The quantitative estimate of drug-likeness (QED) is 0.702. The van der Waals surface area contributed by atoms with Gasteiger partial charge < -0.3 is 5.32 Å². The molecule has 1 unspecified atom stereocenters. The summed E-state index contributed by atoms with van der Waals surface area (Å²) < 4.78 is 0. The standard InChI is InChI=1S/C9H12N4O/c1-5(2)3-6-7-8(13-12-6)10-4-11-9(7)14/h4-5,8H,3H2,1-2H3,(H,10,11,14). The molecular formula is C9H12N4O. The van der Waals surface area contributed by atoms with E-state index in [-0.39, 0.29) is 5.91 Å². The lowest BCUT2D eigenvalue weighted by Crippen LogP contribution is -2.32. The van der Waals surface area contributed by atoms with Crippen molar-refractivity contribution in [1.82, 2.24) is 5.32 Å². The number of carbonyl (C=O) groups excluding carboxylic acids is 1. The zero-order valence-electron chi connectivity index (χ0n) is 8.19. The number of fused-ring (bicyclic) bond motifs is 1. The SMILES string of the molecule is CC(C)CC1=C2C(=O)NC=NC2N=N1. The van der Waals surface area contributed by atoms with Gasteiger partial charge >= 0.3 is 0 Å². The third-order valence-corrected chi connectivity index (χ3v) is 2.11. The van der Waals surface area contributed by atoms with Crippen molar-refractivity contribution in [2.75, 3.05) is 0 Å². The monoisotopic (exact) mass is 192 g/mol. The highest BCUT2D eigenvalue weighted by Crippen LogP contribution is 2.28. The van der Waals surface area contributed by atoms with Gasteiger partial charge in [-0.15, -0.1) is 0 Å². The number of hydrogen-bond acceptors (Lipinski definition) is 4. The second kappa shape index (κ2) is 3.32. The first kappa shape index (κ1) is 9.05. The lowest BCUT2D eigenvalue weighted by Gasteiger charge is -2.12. The highest BCUT2D eigenvalue weighted by molar-refractivity contribution is 6.03. The van der Waals surface area contributed by atoms with Crippen LogP contribution in [0.25, 0.3) is 0 Å². The molecule has 0 radical (unpaired) electrons. The van der Waals surface area contributed by atoms with Gasteiger partial charge in [-0.3, -0.25) is 4.79 Å². The Kier molecular flexibility index (Phi) is 2.15. The van der Waals surface area contributed by atoms with Crippen LogP contribution in [-0.2, 0) is 4.79 Å². The fourth-order valence-electron chi connectivity index (χ4n) is 1.52. The summed E-state index contributed by atoms with van der Waals surface area (Å²) in [5.41, 5.74) is 1.39. The first-order valence-electron chi connectivity index (χ1n) is 4.65. The van der Waals surface area contributed by atoms with Gasteiger partial charge in [0.15, 0.2) is 6.17 Å². The number of nitrogens with zero attached hydrogens (tertiary/aromatic N) is 3. The van der Waals surface area contributed by atoms with Crippen LogP contribution in [-0.4, -0.2) is 18.4 Å². The Morgan fingerprint density at radius 3 is 3.07 bits per heavy atom. The van der Waals surface area contributed by atoms with Gasteiger partial charge in [0, 0.05) is 0 Å². The number of azo groups is 1. The van der Waals surface area contributed by atoms with Crippen molar-refractivity contribution < 1.29 is 4.79 Å². The molecule has 1 amide bonds. The molecule has 0 aromatic rings. The van der Waals surface area contributed by atoms with Crippen molar-refractivity contribution >= 4 is 12.2 Å². The van der Waals surface area contributed by atoms with E-state index in [1.807, 2.05) is 0 Å². The average molecular weight is 192 g/mol. The van der Waals surface area contributed by atoms with Gasteiger partial charge in [-0.2, -0.15) is 10.2 Å². The number of rotatable bonds is 2. The molecule has 1 N–H and O–H groups in total. The second-order valence-electron chi connectivity index (χ2n) is 3.80. The fraction of sp³-hybridized carbons (Fsp3) is 0.556. The number of hydrogen-bond donors (Lipinski definition) is 1. The molecule has 2 heterocycles. The topological polar surface area (TPSA) is 66.2 Å². The molecule has 2 rings (SSSR count). The third kappa shape index (κ3) is 1.45. The fourth-order valence-corrected chi connectivity index (χ4v) is 1.52. The van der Waals surface area contributed by atoms with E-state index < -0.39 is 6.17 Å². The van der Waals surface area contributed by atoms with Crippen molar-refractivity contribution in [2.45, 2.75) is 26.4 Å². The molecule has 0 saturated heterocycles. The Morgan fingerprint density at radius 2 is 2.36 bits per heavy atom. The van der Waals surface area contributed by atoms with Gasteiger partial charge in [0.2, 0.25) is 0 Å². The van der Waals surface area contributed by atoms with Crippen LogP contribution in [0.2, 0.25) is 0 Å². The maximum atomic E-state index is 11.5. The Labute approximate surface area is 82.0 Å². The van der Waals surface area contributed by atoms with E-state index in [0.717, 1.165) is 12.1 Å². The van der Waals surface area contributed by atoms with Crippen LogP contribution in [0.4, 0.5) is 0 Å².